The molecular weight excluding hydrogens is 276 g/mol. The highest BCUT2D eigenvalue weighted by Gasteiger charge is 2.39. The highest BCUT2D eigenvalue weighted by molar-refractivity contribution is 7.89. The summed E-state index contributed by atoms with van der Waals surface area (Å²) in [5.41, 5.74) is 5.24. The van der Waals surface area contributed by atoms with Crippen LogP contribution in [0.1, 0.15) is 39.4 Å². The van der Waals surface area contributed by atoms with Crippen LogP contribution in [0.25, 0.3) is 0 Å². The Labute approximate surface area is 122 Å². The second-order valence-corrected chi connectivity index (χ2v) is 7.18. The highest BCUT2D eigenvalue weighted by atomic mass is 32.2. The van der Waals surface area contributed by atoms with Crippen LogP contribution in [0.3, 0.4) is 0 Å². The van der Waals surface area contributed by atoms with Crippen molar-refractivity contribution in [1.82, 2.24) is 13.9 Å². The topological polar surface area (TPSA) is 81.2 Å². The summed E-state index contributed by atoms with van der Waals surface area (Å²) >= 11 is 0. The zero-order valence-electron chi connectivity index (χ0n) is 13.0. The van der Waals surface area contributed by atoms with Crippen molar-refractivity contribution in [3.63, 3.8) is 0 Å². The van der Waals surface area contributed by atoms with Gasteiger partial charge in [-0.2, -0.15) is 4.31 Å². The first-order valence-corrected chi connectivity index (χ1v) is 8.39. The molecule has 1 atom stereocenters. The van der Waals surface area contributed by atoms with Crippen LogP contribution in [0, 0.1) is 6.92 Å². The third kappa shape index (κ3) is 3.05. The normalized spacial score (nSPS) is 15.6. The van der Waals surface area contributed by atoms with Crippen molar-refractivity contribution in [3.05, 3.63) is 12.0 Å². The smallest absolute Gasteiger partial charge is 0.262 e. The van der Waals surface area contributed by atoms with Gasteiger partial charge in [-0.05, 0) is 26.7 Å². The summed E-state index contributed by atoms with van der Waals surface area (Å²) in [4.78, 5) is 4.16. The maximum absolute atomic E-state index is 12.8. The summed E-state index contributed by atoms with van der Waals surface area (Å²) in [6, 6.07) is 0. The summed E-state index contributed by atoms with van der Waals surface area (Å²) < 4.78 is 28.9. The second kappa shape index (κ2) is 6.24. The number of aromatic nitrogens is 2. The minimum atomic E-state index is -3.63. The molecule has 0 saturated heterocycles. The van der Waals surface area contributed by atoms with Gasteiger partial charge in [-0.1, -0.05) is 13.8 Å². The average Bonchev–Trinajstić information content (AvgIpc) is 2.76. The molecule has 7 heteroatoms. The van der Waals surface area contributed by atoms with Crippen molar-refractivity contribution in [1.29, 1.82) is 0 Å². The average molecular weight is 302 g/mol. The molecule has 1 aromatic heterocycles. The standard InChI is InChI=1S/C13H26N4O2S/c1-6-8-17(13(4,7-2)10-14)20(18,19)12-9-16(5)11(3)15-12/h9H,6-8,10,14H2,1-5H3. The lowest BCUT2D eigenvalue weighted by Crippen LogP contribution is -2.54. The maximum atomic E-state index is 12.8. The summed E-state index contributed by atoms with van der Waals surface area (Å²) in [6.45, 7) is 8.31. The lowest BCUT2D eigenvalue weighted by molar-refractivity contribution is 0.205. The van der Waals surface area contributed by atoms with Crippen molar-refractivity contribution in [3.8, 4) is 0 Å². The Hall–Kier alpha value is -0.920. The van der Waals surface area contributed by atoms with Crippen LogP contribution in [0.5, 0.6) is 0 Å². The molecule has 0 saturated carbocycles. The van der Waals surface area contributed by atoms with Gasteiger partial charge >= 0.3 is 0 Å². The molecule has 1 aromatic rings. The molecule has 0 aliphatic rings. The van der Waals surface area contributed by atoms with Gasteiger partial charge in [0.05, 0.1) is 0 Å². The molecule has 0 spiro atoms. The van der Waals surface area contributed by atoms with Gasteiger partial charge < -0.3 is 10.3 Å². The van der Waals surface area contributed by atoms with E-state index in [1.807, 2.05) is 20.8 Å². The first kappa shape index (κ1) is 17.1. The summed E-state index contributed by atoms with van der Waals surface area (Å²) in [5, 5.41) is 0.0964. The number of nitrogens with zero attached hydrogens (tertiary/aromatic N) is 3. The molecule has 0 radical (unpaired) electrons. The first-order valence-electron chi connectivity index (χ1n) is 6.95. The SMILES string of the molecule is CCCN(C(C)(CC)CN)S(=O)(=O)c1cn(C)c(C)n1. The van der Waals surface area contributed by atoms with Gasteiger partial charge in [-0.3, -0.25) is 0 Å². The van der Waals surface area contributed by atoms with E-state index in [2.05, 4.69) is 4.98 Å². The minimum Gasteiger partial charge on any atom is -0.337 e. The van der Waals surface area contributed by atoms with Crippen LogP contribution in [-0.2, 0) is 17.1 Å². The number of hydrogen-bond acceptors (Lipinski definition) is 4. The van der Waals surface area contributed by atoms with Gasteiger partial charge in [0, 0.05) is 31.9 Å². The second-order valence-electron chi connectivity index (χ2n) is 5.37. The summed E-state index contributed by atoms with van der Waals surface area (Å²) in [7, 11) is -1.84. The van der Waals surface area contributed by atoms with Gasteiger partial charge in [0.25, 0.3) is 10.0 Å². The van der Waals surface area contributed by atoms with Crippen LogP contribution in [0.2, 0.25) is 0 Å². The predicted molar refractivity (Wildman–Crippen MR) is 79.9 cm³/mol. The van der Waals surface area contributed by atoms with Crippen molar-refractivity contribution in [2.75, 3.05) is 13.1 Å². The number of aryl methyl sites for hydroxylation is 2. The van der Waals surface area contributed by atoms with Crippen LogP contribution >= 0.6 is 0 Å². The molecule has 0 aliphatic heterocycles. The number of sulfonamides is 1. The van der Waals surface area contributed by atoms with Crippen LogP contribution < -0.4 is 5.73 Å². The number of imidazole rings is 1. The molecule has 0 aliphatic carbocycles. The Balaban J connectivity index is 3.32. The first-order chi connectivity index (χ1) is 9.22. The van der Waals surface area contributed by atoms with Gasteiger partial charge in [0.2, 0.25) is 0 Å². The minimum absolute atomic E-state index is 0.0964. The zero-order chi connectivity index (χ0) is 15.6. The molecule has 1 unspecified atom stereocenters. The van der Waals surface area contributed by atoms with Crippen molar-refractivity contribution in [2.24, 2.45) is 12.8 Å². The van der Waals surface area contributed by atoms with E-state index in [-0.39, 0.29) is 11.6 Å². The highest BCUT2D eigenvalue weighted by Crippen LogP contribution is 2.26. The Bertz CT molecular complexity index is 527. The third-order valence-corrected chi connectivity index (χ3v) is 5.80. The van der Waals surface area contributed by atoms with E-state index < -0.39 is 15.6 Å². The third-order valence-electron chi connectivity index (χ3n) is 3.87. The maximum Gasteiger partial charge on any atom is 0.262 e. The fraction of sp³-hybridized carbons (Fsp3) is 0.769. The van der Waals surface area contributed by atoms with E-state index in [9.17, 15) is 8.42 Å². The quantitative estimate of drug-likeness (QED) is 0.822. The van der Waals surface area contributed by atoms with Crippen molar-refractivity contribution >= 4 is 10.0 Å². The van der Waals surface area contributed by atoms with E-state index in [0.717, 1.165) is 6.42 Å². The predicted octanol–water partition coefficient (Wildman–Crippen LogP) is 1.26. The van der Waals surface area contributed by atoms with E-state index in [1.165, 1.54) is 4.31 Å². The Morgan fingerprint density at radius 2 is 2.05 bits per heavy atom. The van der Waals surface area contributed by atoms with Gasteiger partial charge in [-0.25, -0.2) is 13.4 Å². The summed E-state index contributed by atoms with van der Waals surface area (Å²) in [6.07, 6.45) is 2.95. The fourth-order valence-corrected chi connectivity index (χ4v) is 4.04. The molecule has 2 N–H and O–H groups in total. The molecule has 0 fully saturated rings. The largest absolute Gasteiger partial charge is 0.337 e. The molecule has 0 bridgehead atoms. The summed E-state index contributed by atoms with van der Waals surface area (Å²) in [5.74, 6) is 0.672. The molecule has 1 heterocycles. The zero-order valence-corrected chi connectivity index (χ0v) is 13.9. The molecule has 116 valence electrons. The van der Waals surface area contributed by atoms with Crippen LogP contribution in [-0.4, -0.2) is 40.9 Å². The fourth-order valence-electron chi connectivity index (χ4n) is 2.07. The van der Waals surface area contributed by atoms with E-state index >= 15 is 0 Å². The van der Waals surface area contributed by atoms with Gasteiger partial charge in [0.1, 0.15) is 5.82 Å². The lowest BCUT2D eigenvalue weighted by atomic mass is 9.99. The Morgan fingerprint density at radius 1 is 1.45 bits per heavy atom. The van der Waals surface area contributed by atoms with Gasteiger partial charge in [-0.15, -0.1) is 0 Å². The molecule has 0 aromatic carbocycles. The van der Waals surface area contributed by atoms with E-state index in [4.69, 9.17) is 5.73 Å². The van der Waals surface area contributed by atoms with Crippen molar-refractivity contribution < 1.29 is 8.42 Å². The molecule has 0 amide bonds. The lowest BCUT2D eigenvalue weighted by Gasteiger charge is -2.38. The number of hydrogen-bond donors (Lipinski definition) is 1. The molecule has 20 heavy (non-hydrogen) atoms. The Kier molecular flexibility index (Phi) is 5.34. The van der Waals surface area contributed by atoms with Crippen LogP contribution in [0.4, 0.5) is 0 Å². The number of rotatable bonds is 7. The molecular formula is C13H26N4O2S. The van der Waals surface area contributed by atoms with Gasteiger partial charge in [0.15, 0.2) is 5.03 Å². The number of nitrogens with two attached hydrogens (primary N) is 1. The molecule has 6 nitrogen and oxygen atoms in total. The van der Waals surface area contributed by atoms with Crippen molar-refractivity contribution in [2.45, 2.75) is 51.1 Å². The molecule has 1 rings (SSSR count). The van der Waals surface area contributed by atoms with Crippen LogP contribution in [0.15, 0.2) is 11.2 Å². The Morgan fingerprint density at radius 3 is 2.40 bits per heavy atom. The van der Waals surface area contributed by atoms with E-state index in [0.29, 0.717) is 18.8 Å². The van der Waals surface area contributed by atoms with E-state index in [1.54, 1.807) is 24.7 Å². The monoisotopic (exact) mass is 302 g/mol.